The van der Waals surface area contributed by atoms with Crippen molar-refractivity contribution in [3.8, 4) is 0 Å². The third kappa shape index (κ3) is 10.0. The summed E-state index contributed by atoms with van der Waals surface area (Å²) in [6.45, 7) is 9.98. The van der Waals surface area contributed by atoms with Crippen molar-refractivity contribution in [2.45, 2.75) is 46.5 Å². The van der Waals surface area contributed by atoms with Crippen LogP contribution in [0.5, 0.6) is 0 Å². The average molecular weight is 281 g/mol. The van der Waals surface area contributed by atoms with Crippen molar-refractivity contribution in [1.29, 1.82) is 0 Å². The molecule has 0 bridgehead atoms. The standard InChI is InChI=1S/C8H17N.C4H11O4P/c1-2-6-9-7-4-3-5-8-9;1-3-7-9(5,6)8-4-2/h2-8H2,1H3;3-4H2,1-2H3,(H,5,6). The fourth-order valence-electron chi connectivity index (χ4n) is 2.01. The monoisotopic (exact) mass is 281 g/mol. The summed E-state index contributed by atoms with van der Waals surface area (Å²) in [7, 11) is -3.94. The first kappa shape index (κ1) is 18.1. The maximum atomic E-state index is 10.4. The second kappa shape index (κ2) is 10.9. The molecule has 0 spiro atoms. The fourth-order valence-corrected chi connectivity index (χ4v) is 2.72. The fraction of sp³-hybridized carbons (Fsp3) is 1.00. The maximum absolute atomic E-state index is 10.4. The molecule has 1 N–H and O–H groups in total. The number of hydrogen-bond acceptors (Lipinski definition) is 4. The Labute approximate surface area is 111 Å². The van der Waals surface area contributed by atoms with Crippen molar-refractivity contribution in [1.82, 2.24) is 0 Å². The summed E-state index contributed by atoms with van der Waals surface area (Å²) in [6, 6.07) is 0. The van der Waals surface area contributed by atoms with Gasteiger partial charge in [0.25, 0.3) is 7.82 Å². The van der Waals surface area contributed by atoms with E-state index in [1.54, 1.807) is 13.8 Å². The van der Waals surface area contributed by atoms with E-state index in [0.29, 0.717) is 0 Å². The van der Waals surface area contributed by atoms with Gasteiger partial charge in [-0.25, -0.2) is 0 Å². The van der Waals surface area contributed by atoms with Crippen molar-refractivity contribution < 1.29 is 23.4 Å². The molecule has 1 fully saturated rings. The third-order valence-electron chi connectivity index (χ3n) is 2.74. The van der Waals surface area contributed by atoms with Crippen molar-refractivity contribution in [2.75, 3.05) is 32.8 Å². The predicted molar refractivity (Wildman–Crippen MR) is 70.6 cm³/mol. The van der Waals surface area contributed by atoms with Crippen LogP contribution in [0.2, 0.25) is 0 Å². The maximum Gasteiger partial charge on any atom is 0.267 e. The summed E-state index contributed by atoms with van der Waals surface area (Å²) in [6.07, 6.45) is 5.77. The molecule has 5 nitrogen and oxygen atoms in total. The molecule has 6 heteroatoms. The summed E-state index contributed by atoms with van der Waals surface area (Å²) in [4.78, 5) is 12.3. The zero-order chi connectivity index (χ0) is 13.9. The molecule has 0 aliphatic carbocycles. The van der Waals surface area contributed by atoms with Crippen molar-refractivity contribution in [2.24, 2.45) is 0 Å². The van der Waals surface area contributed by atoms with Gasteiger partial charge in [-0.15, -0.1) is 0 Å². The molecule has 0 unspecified atom stereocenters. The average Bonchev–Trinajstić information content (AvgIpc) is 2.31. The smallest absolute Gasteiger partial charge is 0.267 e. The summed E-state index contributed by atoms with van der Waals surface area (Å²) in [5.41, 5.74) is 0. The molecule has 18 heavy (non-hydrogen) atoms. The van der Waals surface area contributed by atoms with E-state index in [9.17, 15) is 9.46 Å². The highest BCUT2D eigenvalue weighted by Gasteiger charge is 2.10. The highest BCUT2D eigenvalue weighted by atomic mass is 31.2. The highest BCUT2D eigenvalue weighted by Crippen LogP contribution is 2.37. The van der Waals surface area contributed by atoms with E-state index in [-0.39, 0.29) is 13.2 Å². The van der Waals surface area contributed by atoms with E-state index in [2.05, 4.69) is 16.0 Å². The van der Waals surface area contributed by atoms with Gasteiger partial charge in [0.1, 0.15) is 0 Å². The van der Waals surface area contributed by atoms with Crippen LogP contribution < -0.4 is 9.79 Å². The molecule has 1 aliphatic heterocycles. The van der Waals surface area contributed by atoms with Gasteiger partial charge in [0.05, 0.1) is 32.8 Å². The topological polar surface area (TPSA) is 63.0 Å². The Hall–Kier alpha value is 0.0700. The molecule has 0 saturated carbocycles. The van der Waals surface area contributed by atoms with Gasteiger partial charge in [-0.05, 0) is 39.5 Å². The normalized spacial score (nSPS) is 17.1. The summed E-state index contributed by atoms with van der Waals surface area (Å²) < 4.78 is 18.9. The largest absolute Gasteiger partial charge is 0.756 e. The van der Waals surface area contributed by atoms with Gasteiger partial charge in [0.2, 0.25) is 0 Å². The van der Waals surface area contributed by atoms with E-state index in [1.165, 1.54) is 45.3 Å². The number of phosphoric acid groups is 1. The number of piperidine rings is 1. The van der Waals surface area contributed by atoms with Gasteiger partial charge in [-0.1, -0.05) is 6.92 Å². The molecule has 0 aromatic carbocycles. The molecular formula is C12H28NO4P. The van der Waals surface area contributed by atoms with Crippen LogP contribution in [0.25, 0.3) is 0 Å². The van der Waals surface area contributed by atoms with Crippen LogP contribution in [0.15, 0.2) is 0 Å². The van der Waals surface area contributed by atoms with Gasteiger partial charge >= 0.3 is 0 Å². The molecule has 1 saturated heterocycles. The number of hydrogen-bond donors (Lipinski definition) is 1. The summed E-state index contributed by atoms with van der Waals surface area (Å²) in [5.74, 6) is 0. The molecule has 0 radical (unpaired) electrons. The van der Waals surface area contributed by atoms with E-state index >= 15 is 0 Å². The Morgan fingerprint density at radius 2 is 1.56 bits per heavy atom. The highest BCUT2D eigenvalue weighted by molar-refractivity contribution is 7.45. The van der Waals surface area contributed by atoms with Gasteiger partial charge in [-0.2, -0.15) is 0 Å². The van der Waals surface area contributed by atoms with Crippen LogP contribution in [0.1, 0.15) is 46.5 Å². The lowest BCUT2D eigenvalue weighted by Gasteiger charge is -2.22. The van der Waals surface area contributed by atoms with Crippen molar-refractivity contribution in [3.05, 3.63) is 0 Å². The Bertz CT molecular complexity index is 219. The van der Waals surface area contributed by atoms with Gasteiger partial charge in [0, 0.05) is 0 Å². The Kier molecular flexibility index (Phi) is 11.0. The van der Waals surface area contributed by atoms with Crippen LogP contribution in [0, 0.1) is 0 Å². The Morgan fingerprint density at radius 1 is 1.06 bits per heavy atom. The van der Waals surface area contributed by atoms with Crippen LogP contribution in [0.4, 0.5) is 0 Å². The third-order valence-corrected chi connectivity index (χ3v) is 3.89. The lowest BCUT2D eigenvalue weighted by Crippen LogP contribution is -3.12. The first-order chi connectivity index (χ1) is 8.55. The molecule has 1 heterocycles. The number of nitrogens with one attached hydrogen (secondary N) is 1. The van der Waals surface area contributed by atoms with Crippen molar-refractivity contribution >= 4 is 7.82 Å². The SMILES string of the molecule is CCC[NH+]1CCCCC1.CCOP(=O)([O-])OCC. The minimum Gasteiger partial charge on any atom is -0.756 e. The first-order valence-electron chi connectivity index (χ1n) is 6.99. The van der Waals surface area contributed by atoms with Gasteiger partial charge in [-0.3, -0.25) is 4.57 Å². The van der Waals surface area contributed by atoms with Crippen LogP contribution >= 0.6 is 7.82 Å². The molecule has 110 valence electrons. The zero-order valence-electron chi connectivity index (χ0n) is 11.9. The van der Waals surface area contributed by atoms with Gasteiger partial charge in [0.15, 0.2) is 0 Å². The van der Waals surface area contributed by atoms with E-state index in [0.717, 1.165) is 0 Å². The number of rotatable bonds is 6. The molecule has 1 aliphatic rings. The molecule has 0 amide bonds. The van der Waals surface area contributed by atoms with E-state index < -0.39 is 7.82 Å². The summed E-state index contributed by atoms with van der Waals surface area (Å²) in [5, 5.41) is 0. The van der Waals surface area contributed by atoms with Crippen LogP contribution in [-0.4, -0.2) is 32.8 Å². The quantitative estimate of drug-likeness (QED) is 0.738. The predicted octanol–water partition coefficient (Wildman–Crippen LogP) is 0.993. The Morgan fingerprint density at radius 3 is 1.94 bits per heavy atom. The van der Waals surface area contributed by atoms with Crippen LogP contribution in [-0.2, 0) is 13.6 Å². The number of quaternary nitrogens is 1. The van der Waals surface area contributed by atoms with Crippen molar-refractivity contribution in [3.63, 3.8) is 0 Å². The number of phosphoric ester groups is 1. The first-order valence-corrected chi connectivity index (χ1v) is 8.45. The second-order valence-electron chi connectivity index (χ2n) is 4.34. The lowest BCUT2D eigenvalue weighted by atomic mass is 10.1. The number of likely N-dealkylation sites (tertiary alicyclic amines) is 1. The molecule has 0 atom stereocenters. The lowest BCUT2D eigenvalue weighted by molar-refractivity contribution is -0.904. The van der Waals surface area contributed by atoms with Gasteiger partial charge < -0.3 is 18.8 Å². The minimum atomic E-state index is -3.94. The summed E-state index contributed by atoms with van der Waals surface area (Å²) >= 11 is 0. The van der Waals surface area contributed by atoms with E-state index in [1.807, 2.05) is 4.90 Å². The molecule has 1 rings (SSSR count). The molecular weight excluding hydrogens is 253 g/mol. The van der Waals surface area contributed by atoms with E-state index in [4.69, 9.17) is 0 Å². The molecule has 0 aromatic rings. The Balaban J connectivity index is 0.000000321. The second-order valence-corrected chi connectivity index (χ2v) is 5.75. The zero-order valence-corrected chi connectivity index (χ0v) is 12.8. The molecule has 0 aromatic heterocycles. The minimum absolute atomic E-state index is 0.126. The van der Waals surface area contributed by atoms with Crippen LogP contribution in [0.3, 0.4) is 0 Å².